The lowest BCUT2D eigenvalue weighted by Crippen LogP contribution is -2.28. The average Bonchev–Trinajstić information content (AvgIpc) is 2.70. The van der Waals surface area contributed by atoms with E-state index in [-0.39, 0.29) is 12.3 Å². The molecule has 0 radical (unpaired) electrons. The van der Waals surface area contributed by atoms with Crippen LogP contribution in [0.2, 0.25) is 0 Å². The first-order valence-corrected chi connectivity index (χ1v) is 10.4. The molecule has 0 aliphatic heterocycles. The molecule has 3 aromatic carbocycles. The molecule has 7 heteroatoms. The van der Waals surface area contributed by atoms with Gasteiger partial charge in [-0.25, -0.2) is 4.57 Å². The highest BCUT2D eigenvalue weighted by atomic mass is 31.2. The van der Waals surface area contributed by atoms with Crippen molar-refractivity contribution in [3.8, 4) is 11.5 Å². The second-order valence-electron chi connectivity index (χ2n) is 6.23. The maximum absolute atomic E-state index is 13.6. The normalized spacial score (nSPS) is 12.2. The van der Waals surface area contributed by atoms with Crippen LogP contribution >= 0.6 is 7.60 Å². The standard InChI is InChI=1S/C21H22N3O3P/c22-20(15-16-11-13-17(14-12-16)21(23)24)28(25,26-18-7-3-1-4-8-18)27-19-9-5-2-6-10-19/h1-14,20H,15,22H2,(H3,23,24)/t20-/m1/s1. The van der Waals surface area contributed by atoms with E-state index in [0.717, 1.165) is 5.56 Å². The van der Waals surface area contributed by atoms with Crippen molar-refractivity contribution in [1.82, 2.24) is 0 Å². The quantitative estimate of drug-likeness (QED) is 0.301. The van der Waals surface area contributed by atoms with Crippen molar-refractivity contribution in [3.63, 3.8) is 0 Å². The molecule has 0 saturated heterocycles. The second kappa shape index (κ2) is 8.74. The van der Waals surface area contributed by atoms with Crippen molar-refractivity contribution < 1.29 is 13.6 Å². The first kappa shape index (κ1) is 19.7. The minimum Gasteiger partial charge on any atom is -0.415 e. The molecule has 6 nitrogen and oxygen atoms in total. The number of hydrogen-bond acceptors (Lipinski definition) is 5. The van der Waals surface area contributed by atoms with Crippen LogP contribution in [0.15, 0.2) is 84.9 Å². The lowest BCUT2D eigenvalue weighted by Gasteiger charge is -2.25. The lowest BCUT2D eigenvalue weighted by molar-refractivity contribution is 0.371. The molecule has 0 aromatic heterocycles. The van der Waals surface area contributed by atoms with Crippen molar-refractivity contribution >= 4 is 13.4 Å². The van der Waals surface area contributed by atoms with E-state index in [1.165, 1.54) is 0 Å². The molecule has 1 atom stereocenters. The number of hydrogen-bond donors (Lipinski definition) is 3. The smallest absolute Gasteiger partial charge is 0.415 e. The fourth-order valence-corrected chi connectivity index (χ4v) is 4.16. The summed E-state index contributed by atoms with van der Waals surface area (Å²) in [5.41, 5.74) is 13.2. The Morgan fingerprint density at radius 2 is 1.32 bits per heavy atom. The van der Waals surface area contributed by atoms with Gasteiger partial charge in [0, 0.05) is 12.0 Å². The summed E-state index contributed by atoms with van der Waals surface area (Å²) in [5, 5.41) is 7.47. The Balaban J connectivity index is 1.84. The minimum absolute atomic E-state index is 0.0126. The molecule has 0 aliphatic rings. The number of para-hydroxylation sites is 2. The Morgan fingerprint density at radius 3 is 1.75 bits per heavy atom. The van der Waals surface area contributed by atoms with Gasteiger partial charge in [-0.1, -0.05) is 60.7 Å². The topological polar surface area (TPSA) is 111 Å². The zero-order chi connectivity index (χ0) is 20.0. The Hall–Kier alpha value is -3.08. The van der Waals surface area contributed by atoms with Gasteiger partial charge in [-0.2, -0.15) is 0 Å². The highest BCUT2D eigenvalue weighted by molar-refractivity contribution is 7.55. The third kappa shape index (κ3) is 5.00. The van der Waals surface area contributed by atoms with Gasteiger partial charge < -0.3 is 20.5 Å². The average molecular weight is 395 g/mol. The third-order valence-corrected chi connectivity index (χ3v) is 5.99. The van der Waals surface area contributed by atoms with Crippen LogP contribution < -0.4 is 20.5 Å². The molecule has 144 valence electrons. The van der Waals surface area contributed by atoms with Crippen molar-refractivity contribution in [1.29, 1.82) is 5.41 Å². The minimum atomic E-state index is -3.74. The first-order valence-electron chi connectivity index (χ1n) is 8.74. The zero-order valence-electron chi connectivity index (χ0n) is 15.2. The van der Waals surface area contributed by atoms with E-state index >= 15 is 0 Å². The molecule has 0 saturated carbocycles. The van der Waals surface area contributed by atoms with Crippen molar-refractivity contribution in [2.24, 2.45) is 11.5 Å². The molecular weight excluding hydrogens is 373 g/mol. The summed E-state index contributed by atoms with van der Waals surface area (Å²) in [5.74, 6) is -0.0642. The fraction of sp³-hybridized carbons (Fsp3) is 0.0952. The van der Waals surface area contributed by atoms with E-state index in [1.54, 1.807) is 72.8 Å². The number of nitrogens with two attached hydrogens (primary N) is 2. The highest BCUT2D eigenvalue weighted by Crippen LogP contribution is 2.51. The van der Waals surface area contributed by atoms with Gasteiger partial charge in [-0.3, -0.25) is 5.41 Å². The van der Waals surface area contributed by atoms with Gasteiger partial charge >= 0.3 is 7.60 Å². The summed E-state index contributed by atoms with van der Waals surface area (Å²) < 4.78 is 25.1. The SMILES string of the molecule is N=C(N)c1ccc(C[C@H](N)P(=O)(Oc2ccccc2)Oc2ccccc2)cc1. The number of benzene rings is 3. The van der Waals surface area contributed by atoms with Crippen molar-refractivity contribution in [2.45, 2.75) is 12.2 Å². The molecule has 0 amide bonds. The second-order valence-corrected chi connectivity index (χ2v) is 8.34. The molecule has 0 spiro atoms. The summed E-state index contributed by atoms with van der Waals surface area (Å²) in [6.07, 6.45) is 0.273. The summed E-state index contributed by atoms with van der Waals surface area (Å²) in [4.78, 5) is 0. The van der Waals surface area contributed by atoms with Crippen LogP contribution in [0.1, 0.15) is 11.1 Å². The van der Waals surface area contributed by atoms with Crippen LogP contribution in [-0.4, -0.2) is 11.6 Å². The zero-order valence-corrected chi connectivity index (χ0v) is 16.1. The van der Waals surface area contributed by atoms with Gasteiger partial charge in [0.2, 0.25) is 0 Å². The van der Waals surface area contributed by atoms with E-state index in [9.17, 15) is 4.57 Å². The first-order chi connectivity index (χ1) is 13.5. The molecule has 28 heavy (non-hydrogen) atoms. The molecule has 0 unspecified atom stereocenters. The highest BCUT2D eigenvalue weighted by Gasteiger charge is 2.37. The molecule has 3 rings (SSSR count). The third-order valence-electron chi connectivity index (χ3n) is 4.07. The molecule has 0 aliphatic carbocycles. The van der Waals surface area contributed by atoms with Gasteiger partial charge in [0.05, 0.1) is 0 Å². The molecule has 3 aromatic rings. The van der Waals surface area contributed by atoms with Crippen LogP contribution in [0.5, 0.6) is 11.5 Å². The number of rotatable bonds is 8. The maximum Gasteiger partial charge on any atom is 0.447 e. The number of nitrogen functional groups attached to an aromatic ring is 1. The molecule has 5 N–H and O–H groups in total. The Morgan fingerprint density at radius 1 is 0.857 bits per heavy atom. The molecule has 0 bridgehead atoms. The van der Waals surface area contributed by atoms with E-state index in [2.05, 4.69) is 0 Å². The Bertz CT molecular complexity index is 918. The Labute approximate surface area is 164 Å². The van der Waals surface area contributed by atoms with E-state index in [4.69, 9.17) is 25.9 Å². The Kier molecular flexibility index (Phi) is 6.14. The largest absolute Gasteiger partial charge is 0.447 e. The van der Waals surface area contributed by atoms with Gasteiger partial charge in [-0.05, 0) is 29.8 Å². The van der Waals surface area contributed by atoms with Crippen molar-refractivity contribution in [3.05, 3.63) is 96.1 Å². The number of amidine groups is 1. The van der Waals surface area contributed by atoms with E-state index in [0.29, 0.717) is 17.1 Å². The van der Waals surface area contributed by atoms with E-state index < -0.39 is 13.4 Å². The van der Waals surface area contributed by atoms with Crippen LogP contribution in [-0.2, 0) is 11.0 Å². The molecule has 0 fully saturated rings. The summed E-state index contributed by atoms with van der Waals surface area (Å²) in [6.45, 7) is 0. The van der Waals surface area contributed by atoms with Gasteiger partial charge in [-0.15, -0.1) is 0 Å². The number of nitrogens with one attached hydrogen (secondary N) is 1. The maximum atomic E-state index is 13.6. The summed E-state index contributed by atoms with van der Waals surface area (Å²) in [7, 11) is -3.74. The lowest BCUT2D eigenvalue weighted by atomic mass is 10.1. The van der Waals surface area contributed by atoms with Crippen LogP contribution in [0.4, 0.5) is 0 Å². The van der Waals surface area contributed by atoms with E-state index in [1.807, 2.05) is 12.1 Å². The predicted molar refractivity (Wildman–Crippen MR) is 111 cm³/mol. The molecule has 0 heterocycles. The van der Waals surface area contributed by atoms with Crippen LogP contribution in [0.25, 0.3) is 0 Å². The van der Waals surface area contributed by atoms with Gasteiger partial charge in [0.15, 0.2) is 0 Å². The predicted octanol–water partition coefficient (Wildman–Crippen LogP) is 4.15. The van der Waals surface area contributed by atoms with Gasteiger partial charge in [0.1, 0.15) is 23.1 Å². The van der Waals surface area contributed by atoms with Gasteiger partial charge in [0.25, 0.3) is 0 Å². The van der Waals surface area contributed by atoms with Crippen molar-refractivity contribution in [2.75, 3.05) is 0 Å². The van der Waals surface area contributed by atoms with Crippen LogP contribution in [0, 0.1) is 5.41 Å². The van der Waals surface area contributed by atoms with Crippen LogP contribution in [0.3, 0.4) is 0 Å². The molecular formula is C21H22N3O3P. The summed E-state index contributed by atoms with van der Waals surface area (Å²) >= 11 is 0. The fourth-order valence-electron chi connectivity index (χ4n) is 2.58. The summed E-state index contributed by atoms with van der Waals surface area (Å²) in [6, 6.07) is 24.7. The monoisotopic (exact) mass is 395 g/mol.